The molecule has 94 valence electrons. The molecular formula is C11H14ClNO3S. The maximum atomic E-state index is 11.9. The van der Waals surface area contributed by atoms with Crippen molar-refractivity contribution in [2.24, 2.45) is 0 Å². The van der Waals surface area contributed by atoms with Gasteiger partial charge in [-0.05, 0) is 37.1 Å². The van der Waals surface area contributed by atoms with E-state index in [2.05, 4.69) is 4.72 Å². The minimum atomic E-state index is -3.45. The molecule has 1 heterocycles. The first-order valence-corrected chi connectivity index (χ1v) is 7.31. The van der Waals surface area contributed by atoms with Crippen LogP contribution in [-0.2, 0) is 14.8 Å². The predicted molar refractivity (Wildman–Crippen MR) is 65.6 cm³/mol. The molecule has 4 nitrogen and oxygen atoms in total. The molecule has 1 saturated heterocycles. The summed E-state index contributed by atoms with van der Waals surface area (Å²) in [5.41, 5.74) is 0. The Bertz CT molecular complexity index is 466. The molecule has 0 amide bonds. The first-order valence-electron chi connectivity index (χ1n) is 5.45. The molecule has 1 fully saturated rings. The Morgan fingerprint density at radius 3 is 2.65 bits per heavy atom. The van der Waals surface area contributed by atoms with Crippen LogP contribution in [0.5, 0.6) is 0 Å². The van der Waals surface area contributed by atoms with Gasteiger partial charge in [-0.25, -0.2) is 13.1 Å². The van der Waals surface area contributed by atoms with E-state index in [-0.39, 0.29) is 11.0 Å². The normalized spacial score (nSPS) is 20.6. The summed E-state index contributed by atoms with van der Waals surface area (Å²) in [6.07, 6.45) is 1.90. The molecule has 0 saturated carbocycles. The van der Waals surface area contributed by atoms with Crippen LogP contribution >= 0.6 is 11.6 Å². The maximum Gasteiger partial charge on any atom is 0.240 e. The SMILES string of the molecule is O=S(=O)(NC[C@H]1CCCO1)c1ccc(Cl)cc1. The lowest BCUT2D eigenvalue weighted by Crippen LogP contribution is -2.31. The summed E-state index contributed by atoms with van der Waals surface area (Å²) < 4.78 is 31.7. The van der Waals surface area contributed by atoms with E-state index >= 15 is 0 Å². The molecule has 1 aromatic rings. The van der Waals surface area contributed by atoms with Crippen LogP contribution in [0.2, 0.25) is 5.02 Å². The smallest absolute Gasteiger partial charge is 0.240 e. The Morgan fingerprint density at radius 1 is 1.35 bits per heavy atom. The summed E-state index contributed by atoms with van der Waals surface area (Å²) >= 11 is 5.71. The van der Waals surface area contributed by atoms with Crippen LogP contribution < -0.4 is 4.72 Å². The second-order valence-corrected chi connectivity index (χ2v) is 6.14. The molecule has 1 aromatic carbocycles. The van der Waals surface area contributed by atoms with Crippen molar-refractivity contribution in [2.75, 3.05) is 13.2 Å². The lowest BCUT2D eigenvalue weighted by molar-refractivity contribution is 0.114. The molecule has 2 rings (SSSR count). The quantitative estimate of drug-likeness (QED) is 0.912. The minimum absolute atomic E-state index is 0.00271. The lowest BCUT2D eigenvalue weighted by atomic mass is 10.2. The Labute approximate surface area is 106 Å². The molecule has 1 aliphatic heterocycles. The number of hydrogen-bond acceptors (Lipinski definition) is 3. The molecule has 1 aliphatic rings. The van der Waals surface area contributed by atoms with Crippen LogP contribution in [-0.4, -0.2) is 27.7 Å². The number of nitrogens with one attached hydrogen (secondary N) is 1. The summed E-state index contributed by atoms with van der Waals surface area (Å²) in [4.78, 5) is 0.222. The van der Waals surface area contributed by atoms with Crippen LogP contribution in [0.15, 0.2) is 29.2 Å². The molecule has 6 heteroatoms. The summed E-state index contributed by atoms with van der Waals surface area (Å²) in [6, 6.07) is 6.09. The van der Waals surface area contributed by atoms with Crippen LogP contribution in [0.1, 0.15) is 12.8 Å². The van der Waals surface area contributed by atoms with Crippen LogP contribution in [0.4, 0.5) is 0 Å². The van der Waals surface area contributed by atoms with Gasteiger partial charge in [0.25, 0.3) is 0 Å². The Kier molecular flexibility index (Phi) is 4.04. The van der Waals surface area contributed by atoms with Gasteiger partial charge in [0.15, 0.2) is 0 Å². The summed E-state index contributed by atoms with van der Waals surface area (Å²) in [6.45, 7) is 1.04. The van der Waals surface area contributed by atoms with Gasteiger partial charge in [0.1, 0.15) is 0 Å². The first kappa shape index (κ1) is 12.8. The highest BCUT2D eigenvalue weighted by molar-refractivity contribution is 7.89. The average Bonchev–Trinajstić information content (AvgIpc) is 2.80. The molecule has 0 bridgehead atoms. The maximum absolute atomic E-state index is 11.9. The fraction of sp³-hybridized carbons (Fsp3) is 0.455. The van der Waals surface area contributed by atoms with E-state index in [9.17, 15) is 8.42 Å². The van der Waals surface area contributed by atoms with Crippen molar-refractivity contribution >= 4 is 21.6 Å². The number of benzene rings is 1. The molecule has 17 heavy (non-hydrogen) atoms. The topological polar surface area (TPSA) is 55.4 Å². The van der Waals surface area contributed by atoms with Crippen molar-refractivity contribution in [3.05, 3.63) is 29.3 Å². The number of hydrogen-bond donors (Lipinski definition) is 1. The molecule has 0 aromatic heterocycles. The third kappa shape index (κ3) is 3.42. The van der Waals surface area contributed by atoms with Gasteiger partial charge in [-0.3, -0.25) is 0 Å². The van der Waals surface area contributed by atoms with E-state index in [0.717, 1.165) is 12.8 Å². The van der Waals surface area contributed by atoms with E-state index in [1.807, 2.05) is 0 Å². The fourth-order valence-electron chi connectivity index (χ4n) is 1.71. The highest BCUT2D eigenvalue weighted by atomic mass is 35.5. The zero-order chi connectivity index (χ0) is 12.3. The number of ether oxygens (including phenoxy) is 1. The van der Waals surface area contributed by atoms with Gasteiger partial charge in [0.05, 0.1) is 11.0 Å². The van der Waals surface area contributed by atoms with E-state index in [0.29, 0.717) is 18.2 Å². The Hall–Kier alpha value is -0.620. The average molecular weight is 276 g/mol. The highest BCUT2D eigenvalue weighted by Crippen LogP contribution is 2.15. The van der Waals surface area contributed by atoms with Crippen molar-refractivity contribution in [3.8, 4) is 0 Å². The van der Waals surface area contributed by atoms with Crippen molar-refractivity contribution in [1.82, 2.24) is 4.72 Å². The first-order chi connectivity index (χ1) is 8.08. The summed E-state index contributed by atoms with van der Waals surface area (Å²) in [5, 5.41) is 0.517. The highest BCUT2D eigenvalue weighted by Gasteiger charge is 2.19. The monoisotopic (exact) mass is 275 g/mol. The fourth-order valence-corrected chi connectivity index (χ4v) is 2.90. The van der Waals surface area contributed by atoms with E-state index < -0.39 is 10.0 Å². The second-order valence-electron chi connectivity index (χ2n) is 3.94. The summed E-state index contributed by atoms with van der Waals surface area (Å²) in [7, 11) is -3.45. The minimum Gasteiger partial charge on any atom is -0.377 e. The van der Waals surface area contributed by atoms with Gasteiger partial charge in [-0.2, -0.15) is 0 Å². The third-order valence-electron chi connectivity index (χ3n) is 2.65. The van der Waals surface area contributed by atoms with Gasteiger partial charge in [-0.15, -0.1) is 0 Å². The van der Waals surface area contributed by atoms with Crippen molar-refractivity contribution in [1.29, 1.82) is 0 Å². The molecule has 1 N–H and O–H groups in total. The Balaban J connectivity index is 2.00. The molecule has 0 unspecified atom stereocenters. The van der Waals surface area contributed by atoms with Crippen LogP contribution in [0, 0.1) is 0 Å². The zero-order valence-electron chi connectivity index (χ0n) is 9.23. The second kappa shape index (κ2) is 5.35. The molecule has 0 aliphatic carbocycles. The predicted octanol–water partition coefficient (Wildman–Crippen LogP) is 1.80. The standard InChI is InChI=1S/C11H14ClNO3S/c12-9-3-5-11(6-4-9)17(14,15)13-8-10-2-1-7-16-10/h3-6,10,13H,1-2,7-8H2/t10-/m1/s1. The molecular weight excluding hydrogens is 262 g/mol. The van der Waals surface area contributed by atoms with E-state index in [1.54, 1.807) is 12.1 Å². The van der Waals surface area contributed by atoms with E-state index in [1.165, 1.54) is 12.1 Å². The van der Waals surface area contributed by atoms with Gasteiger partial charge in [0, 0.05) is 18.2 Å². The number of halogens is 1. The largest absolute Gasteiger partial charge is 0.377 e. The Morgan fingerprint density at radius 2 is 2.06 bits per heavy atom. The summed E-state index contributed by atoms with van der Waals surface area (Å²) in [5.74, 6) is 0. The lowest BCUT2D eigenvalue weighted by Gasteiger charge is -2.11. The number of sulfonamides is 1. The molecule has 0 spiro atoms. The van der Waals surface area contributed by atoms with Gasteiger partial charge in [0.2, 0.25) is 10.0 Å². The van der Waals surface area contributed by atoms with Gasteiger partial charge in [-0.1, -0.05) is 11.6 Å². The van der Waals surface area contributed by atoms with Crippen molar-refractivity contribution < 1.29 is 13.2 Å². The molecule has 0 radical (unpaired) electrons. The van der Waals surface area contributed by atoms with Crippen molar-refractivity contribution in [2.45, 2.75) is 23.8 Å². The third-order valence-corrected chi connectivity index (χ3v) is 4.34. The van der Waals surface area contributed by atoms with Gasteiger partial charge < -0.3 is 4.74 Å². The van der Waals surface area contributed by atoms with Crippen LogP contribution in [0.3, 0.4) is 0 Å². The van der Waals surface area contributed by atoms with E-state index in [4.69, 9.17) is 16.3 Å². The van der Waals surface area contributed by atoms with Crippen molar-refractivity contribution in [3.63, 3.8) is 0 Å². The zero-order valence-corrected chi connectivity index (χ0v) is 10.8. The van der Waals surface area contributed by atoms with Gasteiger partial charge >= 0.3 is 0 Å². The molecule has 1 atom stereocenters. The number of rotatable bonds is 4. The van der Waals surface area contributed by atoms with Crippen LogP contribution in [0.25, 0.3) is 0 Å².